The van der Waals surface area contributed by atoms with Gasteiger partial charge in [0.1, 0.15) is 0 Å². The van der Waals surface area contributed by atoms with E-state index in [1.807, 2.05) is 12.1 Å². The van der Waals surface area contributed by atoms with Crippen LogP contribution >= 0.6 is 12.4 Å². The smallest absolute Gasteiger partial charge is 0.253 e. The topological polar surface area (TPSA) is 55.1 Å². The molecule has 84 valence electrons. The van der Waals surface area contributed by atoms with Crippen molar-refractivity contribution in [3.8, 4) is 0 Å². The Morgan fingerprint density at radius 3 is 2.67 bits per heavy atom. The minimum atomic E-state index is -0.0865. The van der Waals surface area contributed by atoms with Gasteiger partial charge in [-0.25, -0.2) is 0 Å². The molecule has 1 rings (SSSR count). The van der Waals surface area contributed by atoms with Crippen LogP contribution in [0.5, 0.6) is 0 Å². The van der Waals surface area contributed by atoms with Gasteiger partial charge in [-0.2, -0.15) is 0 Å². The van der Waals surface area contributed by atoms with Gasteiger partial charge in [-0.05, 0) is 18.6 Å². The summed E-state index contributed by atoms with van der Waals surface area (Å²) < 4.78 is 0. The average Bonchev–Trinajstić information content (AvgIpc) is 2.18. The van der Waals surface area contributed by atoms with Crippen molar-refractivity contribution in [3.05, 3.63) is 29.8 Å². The molecule has 0 radical (unpaired) electrons. The molecular formula is C11H17ClN2O. The number of nitrogens with one attached hydrogen (secondary N) is 1. The fourth-order valence-electron chi connectivity index (χ4n) is 1.18. The van der Waals surface area contributed by atoms with Crippen molar-refractivity contribution in [2.24, 2.45) is 0 Å². The Labute approximate surface area is 96.5 Å². The molecule has 4 heteroatoms. The lowest BCUT2D eigenvalue weighted by Gasteiger charge is -2.06. The maximum absolute atomic E-state index is 11.5. The van der Waals surface area contributed by atoms with Crippen LogP contribution in [0.4, 0.5) is 5.69 Å². The lowest BCUT2D eigenvalue weighted by Crippen LogP contribution is -2.25. The summed E-state index contributed by atoms with van der Waals surface area (Å²) in [6, 6.07) is 7.09. The summed E-state index contributed by atoms with van der Waals surface area (Å²) in [5.41, 5.74) is 6.75. The molecule has 0 atom stereocenters. The van der Waals surface area contributed by atoms with E-state index >= 15 is 0 Å². The summed E-state index contributed by atoms with van der Waals surface area (Å²) in [6.07, 6.45) is 2.07. The summed E-state index contributed by atoms with van der Waals surface area (Å²) in [5.74, 6) is -0.0865. The number of para-hydroxylation sites is 1. The minimum Gasteiger partial charge on any atom is -0.398 e. The van der Waals surface area contributed by atoms with E-state index in [4.69, 9.17) is 5.73 Å². The zero-order valence-electron chi connectivity index (χ0n) is 8.82. The van der Waals surface area contributed by atoms with Gasteiger partial charge in [0.25, 0.3) is 5.91 Å². The first kappa shape index (κ1) is 13.8. The highest BCUT2D eigenvalue weighted by Gasteiger charge is 2.06. The van der Waals surface area contributed by atoms with Crippen molar-refractivity contribution in [1.29, 1.82) is 0 Å². The first-order valence-electron chi connectivity index (χ1n) is 4.88. The van der Waals surface area contributed by atoms with Crippen LogP contribution in [0.15, 0.2) is 24.3 Å². The molecule has 0 saturated carbocycles. The molecule has 0 fully saturated rings. The van der Waals surface area contributed by atoms with Crippen LogP contribution in [-0.2, 0) is 0 Å². The van der Waals surface area contributed by atoms with Crippen LogP contribution < -0.4 is 11.1 Å². The number of carbonyl (C=O) groups excluding carboxylic acids is 1. The largest absolute Gasteiger partial charge is 0.398 e. The normalized spacial score (nSPS) is 9.13. The molecule has 1 aromatic carbocycles. The molecule has 0 saturated heterocycles. The quantitative estimate of drug-likeness (QED) is 0.613. The number of anilines is 1. The highest BCUT2D eigenvalue weighted by atomic mass is 35.5. The number of nitrogens with two attached hydrogens (primary N) is 1. The lowest BCUT2D eigenvalue weighted by atomic mass is 10.1. The van der Waals surface area contributed by atoms with Crippen LogP contribution in [0.2, 0.25) is 0 Å². The van der Waals surface area contributed by atoms with Crippen molar-refractivity contribution in [2.45, 2.75) is 19.8 Å². The lowest BCUT2D eigenvalue weighted by molar-refractivity contribution is 0.0954. The Bertz CT molecular complexity index is 315. The van der Waals surface area contributed by atoms with Crippen molar-refractivity contribution < 1.29 is 4.79 Å². The Balaban J connectivity index is 0.00000196. The van der Waals surface area contributed by atoms with Crippen molar-refractivity contribution in [3.63, 3.8) is 0 Å². The number of nitrogen functional groups attached to an aromatic ring is 1. The fourth-order valence-corrected chi connectivity index (χ4v) is 1.18. The summed E-state index contributed by atoms with van der Waals surface area (Å²) in [4.78, 5) is 11.5. The molecule has 0 aliphatic rings. The van der Waals surface area contributed by atoms with Gasteiger partial charge < -0.3 is 11.1 Å². The van der Waals surface area contributed by atoms with Crippen LogP contribution in [0.3, 0.4) is 0 Å². The van der Waals surface area contributed by atoms with Crippen LogP contribution in [0, 0.1) is 0 Å². The number of carbonyl (C=O) groups is 1. The third kappa shape index (κ3) is 4.21. The second kappa shape index (κ2) is 7.12. The zero-order valence-corrected chi connectivity index (χ0v) is 9.64. The third-order valence-corrected chi connectivity index (χ3v) is 2.02. The van der Waals surface area contributed by atoms with E-state index in [2.05, 4.69) is 12.2 Å². The van der Waals surface area contributed by atoms with Crippen LogP contribution in [-0.4, -0.2) is 12.5 Å². The number of rotatable bonds is 4. The predicted octanol–water partition coefficient (Wildman–Crippen LogP) is 2.22. The van der Waals surface area contributed by atoms with Gasteiger partial charge in [0.2, 0.25) is 0 Å². The zero-order chi connectivity index (χ0) is 10.4. The molecule has 0 aliphatic carbocycles. The van der Waals surface area contributed by atoms with Gasteiger partial charge in [0.15, 0.2) is 0 Å². The fraction of sp³-hybridized carbons (Fsp3) is 0.364. The van der Waals surface area contributed by atoms with Gasteiger partial charge >= 0.3 is 0 Å². The van der Waals surface area contributed by atoms with Crippen molar-refractivity contribution >= 4 is 24.0 Å². The second-order valence-electron chi connectivity index (χ2n) is 3.20. The summed E-state index contributed by atoms with van der Waals surface area (Å²) in [7, 11) is 0. The molecule has 3 nitrogen and oxygen atoms in total. The van der Waals surface area contributed by atoms with Gasteiger partial charge in [-0.1, -0.05) is 25.5 Å². The Kier molecular flexibility index (Phi) is 6.54. The van der Waals surface area contributed by atoms with Gasteiger partial charge in [0.05, 0.1) is 5.56 Å². The van der Waals surface area contributed by atoms with E-state index in [1.54, 1.807) is 12.1 Å². The summed E-state index contributed by atoms with van der Waals surface area (Å²) in [6.45, 7) is 2.80. The molecule has 0 aromatic heterocycles. The second-order valence-corrected chi connectivity index (χ2v) is 3.20. The SMILES string of the molecule is CCCCNC(=O)c1ccccc1N.Cl. The highest BCUT2D eigenvalue weighted by Crippen LogP contribution is 2.09. The third-order valence-electron chi connectivity index (χ3n) is 2.02. The molecule has 0 heterocycles. The van der Waals surface area contributed by atoms with Crippen molar-refractivity contribution in [1.82, 2.24) is 5.32 Å². The monoisotopic (exact) mass is 228 g/mol. The number of unbranched alkanes of at least 4 members (excludes halogenated alkanes) is 1. The molecule has 3 N–H and O–H groups in total. The Morgan fingerprint density at radius 2 is 2.07 bits per heavy atom. The Hall–Kier alpha value is -1.22. The van der Waals surface area contributed by atoms with E-state index < -0.39 is 0 Å². The first-order valence-corrected chi connectivity index (χ1v) is 4.88. The number of halogens is 1. The minimum absolute atomic E-state index is 0. The van der Waals surface area contributed by atoms with Crippen molar-refractivity contribution in [2.75, 3.05) is 12.3 Å². The summed E-state index contributed by atoms with van der Waals surface area (Å²) in [5, 5.41) is 2.82. The standard InChI is InChI=1S/C11H16N2O.ClH/c1-2-3-8-13-11(14)9-6-4-5-7-10(9)12;/h4-7H,2-3,8,12H2,1H3,(H,13,14);1H. The first-order chi connectivity index (χ1) is 6.75. The molecule has 0 unspecified atom stereocenters. The molecule has 0 aliphatic heterocycles. The Morgan fingerprint density at radius 1 is 1.40 bits per heavy atom. The predicted molar refractivity (Wildman–Crippen MR) is 65.3 cm³/mol. The maximum atomic E-state index is 11.5. The van der Waals surface area contributed by atoms with E-state index in [0.717, 1.165) is 12.8 Å². The van der Waals surface area contributed by atoms with Crippen LogP contribution in [0.1, 0.15) is 30.1 Å². The van der Waals surface area contributed by atoms with Gasteiger partial charge in [-0.15, -0.1) is 12.4 Å². The van der Waals surface area contributed by atoms with E-state index in [9.17, 15) is 4.79 Å². The highest BCUT2D eigenvalue weighted by molar-refractivity contribution is 5.98. The van der Waals surface area contributed by atoms with Crippen LogP contribution in [0.25, 0.3) is 0 Å². The molecule has 1 aromatic rings. The number of amides is 1. The molecule has 1 amide bonds. The molecule has 0 spiro atoms. The number of hydrogen-bond acceptors (Lipinski definition) is 2. The van der Waals surface area contributed by atoms with Gasteiger partial charge in [-0.3, -0.25) is 4.79 Å². The number of benzene rings is 1. The van der Waals surface area contributed by atoms with Gasteiger partial charge in [0, 0.05) is 12.2 Å². The van der Waals surface area contributed by atoms with E-state index in [-0.39, 0.29) is 18.3 Å². The average molecular weight is 229 g/mol. The maximum Gasteiger partial charge on any atom is 0.253 e. The van der Waals surface area contributed by atoms with E-state index in [0.29, 0.717) is 17.8 Å². The molecule has 0 bridgehead atoms. The molecular weight excluding hydrogens is 212 g/mol. The number of hydrogen-bond donors (Lipinski definition) is 2. The summed E-state index contributed by atoms with van der Waals surface area (Å²) >= 11 is 0. The van der Waals surface area contributed by atoms with E-state index in [1.165, 1.54) is 0 Å². The molecule has 15 heavy (non-hydrogen) atoms.